The summed E-state index contributed by atoms with van der Waals surface area (Å²) in [6.07, 6.45) is 1.37. The highest BCUT2D eigenvalue weighted by Crippen LogP contribution is 2.19. The maximum Gasteiger partial charge on any atom is 0.267 e. The first-order chi connectivity index (χ1) is 7.66. The summed E-state index contributed by atoms with van der Waals surface area (Å²) >= 11 is 3.19. The summed E-state index contributed by atoms with van der Waals surface area (Å²) in [6, 6.07) is 7.85. The molecular formula is C11H10BrN3O. The zero-order valence-corrected chi connectivity index (χ0v) is 10.2. The van der Waals surface area contributed by atoms with Crippen molar-refractivity contribution in [3.05, 3.63) is 51.0 Å². The number of aryl methyl sites for hydroxylation is 1. The molecule has 0 aliphatic rings. The molecule has 16 heavy (non-hydrogen) atoms. The van der Waals surface area contributed by atoms with Gasteiger partial charge in [-0.25, -0.2) is 4.98 Å². The van der Waals surface area contributed by atoms with Crippen molar-refractivity contribution in [3.63, 3.8) is 0 Å². The zero-order chi connectivity index (χ0) is 11.5. The van der Waals surface area contributed by atoms with Gasteiger partial charge in [-0.05, 0) is 40.5 Å². The van der Waals surface area contributed by atoms with Gasteiger partial charge in [0.25, 0.3) is 5.56 Å². The fraction of sp³-hybridized carbons (Fsp3) is 0.0909. The molecule has 1 aromatic heterocycles. The average molecular weight is 280 g/mol. The summed E-state index contributed by atoms with van der Waals surface area (Å²) in [5.41, 5.74) is 1.84. The number of aromatic nitrogens is 2. The van der Waals surface area contributed by atoms with Crippen LogP contribution in [0.25, 0.3) is 0 Å². The van der Waals surface area contributed by atoms with Gasteiger partial charge in [-0.15, -0.1) is 0 Å². The van der Waals surface area contributed by atoms with Crippen LogP contribution >= 0.6 is 15.9 Å². The third-order valence-electron chi connectivity index (χ3n) is 2.08. The van der Waals surface area contributed by atoms with Crippen LogP contribution < -0.4 is 10.9 Å². The lowest BCUT2D eigenvalue weighted by atomic mass is 10.2. The molecular weight excluding hydrogens is 270 g/mol. The van der Waals surface area contributed by atoms with E-state index in [0.29, 0.717) is 10.3 Å². The number of benzene rings is 1. The second-order valence-electron chi connectivity index (χ2n) is 3.39. The number of hydrogen-bond acceptors (Lipinski definition) is 3. The second-order valence-corrected chi connectivity index (χ2v) is 4.18. The molecule has 0 radical (unpaired) electrons. The molecule has 4 nitrogen and oxygen atoms in total. The largest absolute Gasteiger partial charge is 0.339 e. The number of aromatic amines is 1. The van der Waals surface area contributed by atoms with E-state index in [1.165, 1.54) is 6.33 Å². The summed E-state index contributed by atoms with van der Waals surface area (Å²) in [6.45, 7) is 2.01. The topological polar surface area (TPSA) is 57.8 Å². The number of halogens is 1. The van der Waals surface area contributed by atoms with E-state index in [2.05, 4.69) is 31.2 Å². The van der Waals surface area contributed by atoms with Crippen LogP contribution in [-0.4, -0.2) is 9.97 Å². The Hall–Kier alpha value is -1.62. The van der Waals surface area contributed by atoms with Crippen LogP contribution in [0.15, 0.2) is 39.9 Å². The van der Waals surface area contributed by atoms with Gasteiger partial charge in [0, 0.05) is 5.69 Å². The minimum atomic E-state index is -0.204. The maximum atomic E-state index is 11.3. The van der Waals surface area contributed by atoms with Gasteiger partial charge in [-0.3, -0.25) is 4.79 Å². The third-order valence-corrected chi connectivity index (χ3v) is 2.81. The van der Waals surface area contributed by atoms with E-state index >= 15 is 0 Å². The number of nitrogens with one attached hydrogen (secondary N) is 2. The fourth-order valence-corrected chi connectivity index (χ4v) is 1.65. The standard InChI is InChI=1S/C11H10BrN3O/c1-7-3-2-4-8(5-7)15-10-9(12)11(16)14-6-13-10/h2-6H,1H3,(H2,13,14,15,16). The number of anilines is 2. The lowest BCUT2D eigenvalue weighted by Crippen LogP contribution is -2.09. The highest BCUT2D eigenvalue weighted by atomic mass is 79.9. The third kappa shape index (κ3) is 2.30. The SMILES string of the molecule is Cc1cccc(Nc2nc[nH]c(=O)c2Br)c1. The van der Waals surface area contributed by atoms with Crippen LogP contribution in [0.5, 0.6) is 0 Å². The molecule has 1 aromatic carbocycles. The molecule has 0 spiro atoms. The molecule has 0 aliphatic heterocycles. The van der Waals surface area contributed by atoms with Crippen molar-refractivity contribution < 1.29 is 0 Å². The summed E-state index contributed by atoms with van der Waals surface area (Å²) in [5.74, 6) is 0.509. The molecule has 0 bridgehead atoms. The average Bonchev–Trinajstić information content (AvgIpc) is 2.25. The Bertz CT molecular complexity index is 565. The quantitative estimate of drug-likeness (QED) is 0.889. The second kappa shape index (κ2) is 4.49. The Labute approximate surface area is 101 Å². The molecule has 0 saturated carbocycles. The molecule has 0 unspecified atom stereocenters. The van der Waals surface area contributed by atoms with Crippen LogP contribution in [0.2, 0.25) is 0 Å². The van der Waals surface area contributed by atoms with Crippen LogP contribution in [0.3, 0.4) is 0 Å². The first-order valence-electron chi connectivity index (χ1n) is 4.73. The van der Waals surface area contributed by atoms with Gasteiger partial charge in [0.1, 0.15) is 4.47 Å². The molecule has 0 atom stereocenters. The first-order valence-corrected chi connectivity index (χ1v) is 5.53. The Morgan fingerprint density at radius 2 is 2.25 bits per heavy atom. The van der Waals surface area contributed by atoms with Gasteiger partial charge >= 0.3 is 0 Å². The summed E-state index contributed by atoms with van der Waals surface area (Å²) in [4.78, 5) is 17.8. The molecule has 0 fully saturated rings. The predicted octanol–water partition coefficient (Wildman–Crippen LogP) is 2.58. The predicted molar refractivity (Wildman–Crippen MR) is 67.0 cm³/mol. The fourth-order valence-electron chi connectivity index (χ4n) is 1.33. The first kappa shape index (κ1) is 10.9. The Morgan fingerprint density at radius 3 is 3.00 bits per heavy atom. The normalized spacial score (nSPS) is 10.1. The number of nitrogens with zero attached hydrogens (tertiary/aromatic N) is 1. The van der Waals surface area contributed by atoms with Crippen LogP contribution in [0, 0.1) is 6.92 Å². The maximum absolute atomic E-state index is 11.3. The van der Waals surface area contributed by atoms with E-state index in [9.17, 15) is 4.79 Å². The number of rotatable bonds is 2. The molecule has 0 amide bonds. The number of hydrogen-bond donors (Lipinski definition) is 2. The minimum Gasteiger partial charge on any atom is -0.339 e. The number of H-pyrrole nitrogens is 1. The molecule has 2 N–H and O–H groups in total. The molecule has 2 aromatic rings. The van der Waals surface area contributed by atoms with Crippen molar-refractivity contribution in [2.45, 2.75) is 6.92 Å². The molecule has 82 valence electrons. The highest BCUT2D eigenvalue weighted by Gasteiger charge is 2.04. The van der Waals surface area contributed by atoms with Gasteiger partial charge in [0.05, 0.1) is 6.33 Å². The monoisotopic (exact) mass is 279 g/mol. The van der Waals surface area contributed by atoms with E-state index in [-0.39, 0.29) is 5.56 Å². The lowest BCUT2D eigenvalue weighted by Gasteiger charge is -2.06. The van der Waals surface area contributed by atoms with E-state index in [1.54, 1.807) is 0 Å². The smallest absolute Gasteiger partial charge is 0.267 e. The molecule has 1 heterocycles. The van der Waals surface area contributed by atoms with Crippen molar-refractivity contribution in [3.8, 4) is 0 Å². The zero-order valence-electron chi connectivity index (χ0n) is 8.62. The van der Waals surface area contributed by atoms with Gasteiger partial charge < -0.3 is 10.3 Å². The Morgan fingerprint density at radius 1 is 1.44 bits per heavy atom. The van der Waals surface area contributed by atoms with Gasteiger partial charge in [0.15, 0.2) is 5.82 Å². The van der Waals surface area contributed by atoms with E-state index in [0.717, 1.165) is 11.3 Å². The van der Waals surface area contributed by atoms with Gasteiger partial charge in [-0.1, -0.05) is 12.1 Å². The Balaban J connectivity index is 2.34. The highest BCUT2D eigenvalue weighted by molar-refractivity contribution is 9.10. The van der Waals surface area contributed by atoms with E-state index in [4.69, 9.17) is 0 Å². The van der Waals surface area contributed by atoms with Crippen LogP contribution in [0.1, 0.15) is 5.56 Å². The molecule has 0 saturated heterocycles. The van der Waals surface area contributed by atoms with Gasteiger partial charge in [0.2, 0.25) is 0 Å². The van der Waals surface area contributed by atoms with Crippen molar-refractivity contribution in [1.29, 1.82) is 0 Å². The van der Waals surface area contributed by atoms with Crippen molar-refractivity contribution in [1.82, 2.24) is 9.97 Å². The van der Waals surface area contributed by atoms with Crippen LogP contribution in [-0.2, 0) is 0 Å². The van der Waals surface area contributed by atoms with Crippen molar-refractivity contribution in [2.75, 3.05) is 5.32 Å². The van der Waals surface area contributed by atoms with Crippen molar-refractivity contribution >= 4 is 27.4 Å². The van der Waals surface area contributed by atoms with Crippen molar-refractivity contribution in [2.24, 2.45) is 0 Å². The van der Waals surface area contributed by atoms with E-state index < -0.39 is 0 Å². The van der Waals surface area contributed by atoms with Crippen LogP contribution in [0.4, 0.5) is 11.5 Å². The summed E-state index contributed by atoms with van der Waals surface area (Å²) in [5, 5.41) is 3.08. The summed E-state index contributed by atoms with van der Waals surface area (Å²) in [7, 11) is 0. The molecule has 0 aliphatic carbocycles. The summed E-state index contributed by atoms with van der Waals surface area (Å²) < 4.78 is 0.400. The molecule has 5 heteroatoms. The Kier molecular flexibility index (Phi) is 3.05. The minimum absolute atomic E-state index is 0.204. The molecule has 2 rings (SSSR count). The van der Waals surface area contributed by atoms with Gasteiger partial charge in [-0.2, -0.15) is 0 Å². The lowest BCUT2D eigenvalue weighted by molar-refractivity contribution is 1.10. The van der Waals surface area contributed by atoms with E-state index in [1.807, 2.05) is 31.2 Å².